The molecular formula is C13H20O4. The van der Waals surface area contributed by atoms with Gasteiger partial charge in [0.1, 0.15) is 0 Å². The normalized spacial score (nSPS) is 12.1. The highest BCUT2D eigenvalue weighted by molar-refractivity contribution is 5.53. The Hall–Kier alpha value is -1.42. The van der Waals surface area contributed by atoms with Crippen molar-refractivity contribution < 1.29 is 19.3 Å². The van der Waals surface area contributed by atoms with Crippen LogP contribution in [-0.2, 0) is 6.42 Å². The Morgan fingerprint density at radius 2 is 1.59 bits per heavy atom. The van der Waals surface area contributed by atoms with E-state index in [1.54, 1.807) is 28.3 Å². The standard InChI is InChI=1S/C13H20O4/c1-9(14)5-6-10-7-11(15-2)13(17-4)12(8-10)16-3/h7-9,14H,5-6H2,1-4H3/t9-/m0/s1. The monoisotopic (exact) mass is 240 g/mol. The summed E-state index contributed by atoms with van der Waals surface area (Å²) in [5.74, 6) is 1.88. The molecule has 0 fully saturated rings. The van der Waals surface area contributed by atoms with E-state index in [1.165, 1.54) is 0 Å². The Morgan fingerprint density at radius 1 is 1.06 bits per heavy atom. The average Bonchev–Trinajstić information content (AvgIpc) is 2.34. The first-order valence-corrected chi connectivity index (χ1v) is 5.59. The van der Waals surface area contributed by atoms with E-state index >= 15 is 0 Å². The summed E-state index contributed by atoms with van der Waals surface area (Å²) in [7, 11) is 4.77. The van der Waals surface area contributed by atoms with Gasteiger partial charge in [0, 0.05) is 0 Å². The second kappa shape index (κ2) is 6.35. The molecular weight excluding hydrogens is 220 g/mol. The number of rotatable bonds is 6. The molecule has 1 N–H and O–H groups in total. The molecule has 0 aromatic heterocycles. The van der Waals surface area contributed by atoms with Crippen molar-refractivity contribution in [3.05, 3.63) is 17.7 Å². The maximum absolute atomic E-state index is 9.28. The predicted molar refractivity (Wildman–Crippen MR) is 66.1 cm³/mol. The number of benzene rings is 1. The zero-order chi connectivity index (χ0) is 12.8. The minimum absolute atomic E-state index is 0.311. The Balaban J connectivity index is 3.00. The first-order valence-electron chi connectivity index (χ1n) is 5.59. The van der Waals surface area contributed by atoms with Crippen LogP contribution in [0.25, 0.3) is 0 Å². The van der Waals surface area contributed by atoms with Crippen LogP contribution in [0, 0.1) is 0 Å². The van der Waals surface area contributed by atoms with Crippen LogP contribution in [0.15, 0.2) is 12.1 Å². The minimum atomic E-state index is -0.311. The van der Waals surface area contributed by atoms with Crippen molar-refractivity contribution in [2.45, 2.75) is 25.9 Å². The van der Waals surface area contributed by atoms with E-state index in [-0.39, 0.29) is 6.10 Å². The van der Waals surface area contributed by atoms with E-state index in [0.29, 0.717) is 23.7 Å². The van der Waals surface area contributed by atoms with Crippen LogP contribution < -0.4 is 14.2 Å². The molecule has 4 nitrogen and oxygen atoms in total. The van der Waals surface area contributed by atoms with Crippen LogP contribution in [0.4, 0.5) is 0 Å². The molecule has 0 amide bonds. The van der Waals surface area contributed by atoms with Crippen LogP contribution >= 0.6 is 0 Å². The van der Waals surface area contributed by atoms with Crippen molar-refractivity contribution in [1.82, 2.24) is 0 Å². The molecule has 0 saturated heterocycles. The maximum Gasteiger partial charge on any atom is 0.203 e. The van der Waals surface area contributed by atoms with Crippen LogP contribution in [0.3, 0.4) is 0 Å². The zero-order valence-electron chi connectivity index (χ0n) is 10.8. The molecule has 0 radical (unpaired) electrons. The third-order valence-corrected chi connectivity index (χ3v) is 2.58. The van der Waals surface area contributed by atoms with Gasteiger partial charge in [0.2, 0.25) is 5.75 Å². The van der Waals surface area contributed by atoms with Gasteiger partial charge in [0.15, 0.2) is 11.5 Å². The largest absolute Gasteiger partial charge is 0.493 e. The first kappa shape index (κ1) is 13.6. The van der Waals surface area contributed by atoms with Gasteiger partial charge in [-0.15, -0.1) is 0 Å². The van der Waals surface area contributed by atoms with Gasteiger partial charge in [-0.1, -0.05) is 0 Å². The molecule has 1 rings (SSSR count). The van der Waals surface area contributed by atoms with Gasteiger partial charge < -0.3 is 19.3 Å². The van der Waals surface area contributed by atoms with E-state index in [4.69, 9.17) is 14.2 Å². The van der Waals surface area contributed by atoms with Gasteiger partial charge in [-0.2, -0.15) is 0 Å². The molecule has 4 heteroatoms. The smallest absolute Gasteiger partial charge is 0.203 e. The van der Waals surface area contributed by atoms with E-state index in [9.17, 15) is 5.11 Å². The molecule has 0 bridgehead atoms. The van der Waals surface area contributed by atoms with Crippen molar-refractivity contribution in [3.63, 3.8) is 0 Å². The lowest BCUT2D eigenvalue weighted by Crippen LogP contribution is -2.02. The molecule has 0 aliphatic carbocycles. The zero-order valence-corrected chi connectivity index (χ0v) is 10.8. The number of aryl methyl sites for hydroxylation is 1. The van der Waals surface area contributed by atoms with E-state index < -0.39 is 0 Å². The summed E-state index contributed by atoms with van der Waals surface area (Å²) in [5.41, 5.74) is 1.06. The average molecular weight is 240 g/mol. The van der Waals surface area contributed by atoms with Crippen LogP contribution in [0.2, 0.25) is 0 Å². The van der Waals surface area contributed by atoms with Crippen LogP contribution in [-0.4, -0.2) is 32.5 Å². The number of aliphatic hydroxyl groups is 1. The van der Waals surface area contributed by atoms with Gasteiger partial charge in [0.05, 0.1) is 27.4 Å². The van der Waals surface area contributed by atoms with Gasteiger partial charge >= 0.3 is 0 Å². The molecule has 0 aliphatic rings. The third-order valence-electron chi connectivity index (χ3n) is 2.58. The molecule has 1 aromatic carbocycles. The molecule has 96 valence electrons. The van der Waals surface area contributed by atoms with Crippen molar-refractivity contribution in [1.29, 1.82) is 0 Å². The minimum Gasteiger partial charge on any atom is -0.493 e. The fraction of sp³-hybridized carbons (Fsp3) is 0.538. The lowest BCUT2D eigenvalue weighted by molar-refractivity contribution is 0.185. The topological polar surface area (TPSA) is 47.9 Å². The van der Waals surface area contributed by atoms with Gasteiger partial charge in [-0.05, 0) is 37.5 Å². The van der Waals surface area contributed by atoms with Crippen LogP contribution in [0.1, 0.15) is 18.9 Å². The summed E-state index contributed by atoms with van der Waals surface area (Å²) in [6.45, 7) is 1.78. The second-order valence-electron chi connectivity index (χ2n) is 3.92. The predicted octanol–water partition coefficient (Wildman–Crippen LogP) is 2.03. The summed E-state index contributed by atoms with van der Waals surface area (Å²) < 4.78 is 15.8. The highest BCUT2D eigenvalue weighted by Crippen LogP contribution is 2.38. The quantitative estimate of drug-likeness (QED) is 0.826. The molecule has 17 heavy (non-hydrogen) atoms. The lowest BCUT2D eigenvalue weighted by atomic mass is 10.1. The molecule has 0 unspecified atom stereocenters. The molecule has 1 aromatic rings. The third kappa shape index (κ3) is 3.53. The Labute approximate surface area is 102 Å². The molecule has 0 spiro atoms. The number of methoxy groups -OCH3 is 3. The van der Waals surface area contributed by atoms with Crippen molar-refractivity contribution in [2.24, 2.45) is 0 Å². The molecule has 0 saturated carbocycles. The first-order chi connectivity index (χ1) is 8.12. The number of ether oxygens (including phenoxy) is 3. The van der Waals surface area contributed by atoms with Gasteiger partial charge in [-0.3, -0.25) is 0 Å². The van der Waals surface area contributed by atoms with Gasteiger partial charge in [0.25, 0.3) is 0 Å². The Kier molecular flexibility index (Phi) is 5.10. The number of aliphatic hydroxyl groups excluding tert-OH is 1. The van der Waals surface area contributed by atoms with Gasteiger partial charge in [-0.25, -0.2) is 0 Å². The highest BCUT2D eigenvalue weighted by atomic mass is 16.5. The summed E-state index contributed by atoms with van der Waals surface area (Å²) in [5, 5.41) is 9.28. The maximum atomic E-state index is 9.28. The van der Waals surface area contributed by atoms with Crippen molar-refractivity contribution in [3.8, 4) is 17.2 Å². The van der Waals surface area contributed by atoms with Crippen LogP contribution in [0.5, 0.6) is 17.2 Å². The summed E-state index contributed by atoms with van der Waals surface area (Å²) in [4.78, 5) is 0. The fourth-order valence-corrected chi connectivity index (χ4v) is 1.66. The Bertz CT molecular complexity index is 335. The molecule has 1 atom stereocenters. The van der Waals surface area contributed by atoms with Crippen molar-refractivity contribution >= 4 is 0 Å². The van der Waals surface area contributed by atoms with E-state index in [0.717, 1.165) is 12.0 Å². The Morgan fingerprint density at radius 3 is 1.94 bits per heavy atom. The summed E-state index contributed by atoms with van der Waals surface area (Å²) in [6, 6.07) is 3.81. The summed E-state index contributed by atoms with van der Waals surface area (Å²) >= 11 is 0. The summed E-state index contributed by atoms with van der Waals surface area (Å²) in [6.07, 6.45) is 1.17. The van der Waals surface area contributed by atoms with E-state index in [1.807, 2.05) is 12.1 Å². The number of hydrogen-bond donors (Lipinski definition) is 1. The second-order valence-corrected chi connectivity index (χ2v) is 3.92. The number of hydrogen-bond acceptors (Lipinski definition) is 4. The highest BCUT2D eigenvalue weighted by Gasteiger charge is 2.13. The SMILES string of the molecule is COc1cc(CC[C@H](C)O)cc(OC)c1OC. The molecule has 0 aliphatic heterocycles. The van der Waals surface area contributed by atoms with E-state index in [2.05, 4.69) is 0 Å². The fourth-order valence-electron chi connectivity index (χ4n) is 1.66. The molecule has 0 heterocycles. The lowest BCUT2D eigenvalue weighted by Gasteiger charge is -2.14. The van der Waals surface area contributed by atoms with Crippen molar-refractivity contribution in [2.75, 3.05) is 21.3 Å².